The highest BCUT2D eigenvalue weighted by Gasteiger charge is 2.26. The van der Waals surface area contributed by atoms with Crippen LogP contribution in [0.4, 0.5) is 0 Å². The summed E-state index contributed by atoms with van der Waals surface area (Å²) in [6.45, 7) is 0.811. The summed E-state index contributed by atoms with van der Waals surface area (Å²) in [5.74, 6) is 1.69. The molecule has 4 heterocycles. The Labute approximate surface area is 121 Å². The largest absolute Gasteiger partial charge is 0.352 e. The van der Waals surface area contributed by atoms with Crippen molar-refractivity contribution in [1.82, 2.24) is 30.3 Å². The second-order valence-electron chi connectivity index (χ2n) is 4.61. The topological polar surface area (TPSA) is 95.7 Å². The molecule has 20 heavy (non-hydrogen) atoms. The van der Waals surface area contributed by atoms with Crippen molar-refractivity contribution in [3.63, 3.8) is 0 Å². The number of nitrogens with zero attached hydrogens (tertiary/aromatic N) is 6. The van der Waals surface area contributed by atoms with Crippen molar-refractivity contribution in [2.24, 2.45) is 0 Å². The summed E-state index contributed by atoms with van der Waals surface area (Å²) in [4.78, 5) is 4.39. The van der Waals surface area contributed by atoms with Crippen LogP contribution in [-0.2, 0) is 13.0 Å². The van der Waals surface area contributed by atoms with E-state index in [-0.39, 0.29) is 5.92 Å². The average molecular weight is 337 g/mol. The molecule has 0 spiro atoms. The third kappa shape index (κ3) is 1.94. The first-order valence-electron chi connectivity index (χ1n) is 6.13. The molecule has 0 fully saturated rings. The molecule has 1 aliphatic heterocycles. The van der Waals surface area contributed by atoms with Gasteiger partial charge in [0.05, 0.1) is 11.9 Å². The Morgan fingerprint density at radius 1 is 1.30 bits per heavy atom. The van der Waals surface area contributed by atoms with Gasteiger partial charge in [0, 0.05) is 24.9 Å². The van der Waals surface area contributed by atoms with E-state index in [2.05, 4.69) is 41.5 Å². The number of hydrogen-bond acceptors (Lipinski definition) is 7. The number of hydrogen-bond donors (Lipinski definition) is 0. The average Bonchev–Trinajstić information content (AvgIpc) is 3.17. The number of halogens is 1. The monoisotopic (exact) mass is 336 g/mol. The predicted molar refractivity (Wildman–Crippen MR) is 68.6 cm³/mol. The molecule has 1 unspecified atom stereocenters. The van der Waals surface area contributed by atoms with Crippen LogP contribution in [0.2, 0.25) is 0 Å². The van der Waals surface area contributed by atoms with E-state index in [4.69, 9.17) is 9.05 Å². The Balaban J connectivity index is 1.60. The van der Waals surface area contributed by atoms with E-state index in [0.717, 1.165) is 25.1 Å². The standard InChI is InChI=1S/C11H9BrN6O2/c12-9-4-8(19-15-9)10-14-11(20-16-10)6-1-2-18-7(3-6)5-13-17-18/h4-6H,1-3H2. The van der Waals surface area contributed by atoms with Crippen LogP contribution in [-0.4, -0.2) is 30.3 Å². The van der Waals surface area contributed by atoms with Gasteiger partial charge in [-0.25, -0.2) is 4.68 Å². The molecular weight excluding hydrogens is 328 g/mol. The predicted octanol–water partition coefficient (Wildman–Crippen LogP) is 1.81. The van der Waals surface area contributed by atoms with Gasteiger partial charge < -0.3 is 9.05 Å². The van der Waals surface area contributed by atoms with Gasteiger partial charge in [0.15, 0.2) is 0 Å². The quantitative estimate of drug-likeness (QED) is 0.703. The summed E-state index contributed by atoms with van der Waals surface area (Å²) in [5, 5.41) is 15.6. The molecule has 3 aromatic heterocycles. The Hall–Kier alpha value is -2.03. The minimum absolute atomic E-state index is 0.189. The SMILES string of the molecule is Brc1cc(-c2noc(C3CCn4nncc4C3)n2)on1. The van der Waals surface area contributed by atoms with Crippen LogP contribution in [0.15, 0.2) is 25.9 Å². The molecule has 0 N–H and O–H groups in total. The molecule has 0 aliphatic carbocycles. The molecule has 9 heteroatoms. The van der Waals surface area contributed by atoms with E-state index in [1.807, 2.05) is 4.68 Å². The van der Waals surface area contributed by atoms with Gasteiger partial charge in [-0.15, -0.1) is 5.10 Å². The minimum Gasteiger partial charge on any atom is -0.352 e. The lowest BCUT2D eigenvalue weighted by atomic mass is 9.96. The normalized spacial score (nSPS) is 18.1. The van der Waals surface area contributed by atoms with Crippen LogP contribution in [0.1, 0.15) is 23.9 Å². The van der Waals surface area contributed by atoms with E-state index in [9.17, 15) is 0 Å². The van der Waals surface area contributed by atoms with Gasteiger partial charge in [-0.2, -0.15) is 4.98 Å². The summed E-state index contributed by atoms with van der Waals surface area (Å²) in [6, 6.07) is 1.70. The molecule has 0 saturated heterocycles. The Kier molecular flexibility index (Phi) is 2.66. The molecule has 102 valence electrons. The fourth-order valence-corrected chi connectivity index (χ4v) is 2.61. The van der Waals surface area contributed by atoms with Crippen LogP contribution in [0.5, 0.6) is 0 Å². The smallest absolute Gasteiger partial charge is 0.241 e. The summed E-state index contributed by atoms with van der Waals surface area (Å²) in [6.07, 6.45) is 3.48. The second-order valence-corrected chi connectivity index (χ2v) is 5.42. The molecule has 1 aliphatic rings. The molecule has 4 rings (SSSR count). The van der Waals surface area contributed by atoms with Crippen molar-refractivity contribution in [1.29, 1.82) is 0 Å². The van der Waals surface area contributed by atoms with Crippen LogP contribution in [0.3, 0.4) is 0 Å². The zero-order valence-electron chi connectivity index (χ0n) is 10.2. The molecule has 0 radical (unpaired) electrons. The second kappa shape index (κ2) is 4.51. The highest BCUT2D eigenvalue weighted by Crippen LogP contribution is 2.29. The van der Waals surface area contributed by atoms with E-state index in [0.29, 0.717) is 22.1 Å². The summed E-state index contributed by atoms with van der Waals surface area (Å²) < 4.78 is 12.9. The number of rotatable bonds is 2. The van der Waals surface area contributed by atoms with Gasteiger partial charge in [0.25, 0.3) is 0 Å². The molecule has 8 nitrogen and oxygen atoms in total. The Morgan fingerprint density at radius 2 is 2.25 bits per heavy atom. The van der Waals surface area contributed by atoms with Gasteiger partial charge in [0.1, 0.15) is 4.60 Å². The van der Waals surface area contributed by atoms with Gasteiger partial charge in [-0.3, -0.25) is 0 Å². The maximum absolute atomic E-state index is 5.35. The Morgan fingerprint density at radius 3 is 3.10 bits per heavy atom. The van der Waals surface area contributed by atoms with Gasteiger partial charge in [-0.05, 0) is 22.4 Å². The lowest BCUT2D eigenvalue weighted by Gasteiger charge is -2.18. The van der Waals surface area contributed by atoms with E-state index in [1.165, 1.54) is 0 Å². The third-order valence-electron chi connectivity index (χ3n) is 3.34. The lowest BCUT2D eigenvalue weighted by molar-refractivity contribution is 0.318. The van der Waals surface area contributed by atoms with Crippen molar-refractivity contribution in [2.45, 2.75) is 25.3 Å². The maximum Gasteiger partial charge on any atom is 0.241 e. The number of fused-ring (bicyclic) bond motifs is 1. The van der Waals surface area contributed by atoms with Crippen molar-refractivity contribution in [3.05, 3.63) is 28.5 Å². The van der Waals surface area contributed by atoms with E-state index < -0.39 is 0 Å². The zero-order valence-corrected chi connectivity index (χ0v) is 11.8. The van der Waals surface area contributed by atoms with Crippen molar-refractivity contribution >= 4 is 15.9 Å². The van der Waals surface area contributed by atoms with Crippen LogP contribution < -0.4 is 0 Å². The summed E-state index contributed by atoms with van der Waals surface area (Å²) >= 11 is 3.22. The van der Waals surface area contributed by atoms with Crippen LogP contribution in [0.25, 0.3) is 11.6 Å². The first-order valence-corrected chi connectivity index (χ1v) is 6.92. The summed E-state index contributed by atoms with van der Waals surface area (Å²) in [5.41, 5.74) is 1.09. The van der Waals surface area contributed by atoms with Gasteiger partial charge in [-0.1, -0.05) is 15.5 Å². The van der Waals surface area contributed by atoms with Gasteiger partial charge in [0.2, 0.25) is 17.5 Å². The maximum atomic E-state index is 5.35. The van der Waals surface area contributed by atoms with Crippen LogP contribution in [0, 0.1) is 0 Å². The molecule has 0 bridgehead atoms. The highest BCUT2D eigenvalue weighted by atomic mass is 79.9. The minimum atomic E-state index is 0.189. The summed E-state index contributed by atoms with van der Waals surface area (Å²) in [7, 11) is 0. The zero-order chi connectivity index (χ0) is 13.5. The molecule has 0 aromatic carbocycles. The fraction of sp³-hybridized carbons (Fsp3) is 0.364. The first kappa shape index (κ1) is 11.8. The van der Waals surface area contributed by atoms with Crippen molar-refractivity contribution < 1.29 is 9.05 Å². The lowest BCUT2D eigenvalue weighted by Crippen LogP contribution is -2.18. The number of aromatic nitrogens is 6. The molecule has 3 aromatic rings. The highest BCUT2D eigenvalue weighted by molar-refractivity contribution is 9.10. The van der Waals surface area contributed by atoms with Crippen LogP contribution >= 0.6 is 15.9 Å². The molecule has 0 saturated carbocycles. The van der Waals surface area contributed by atoms with Gasteiger partial charge >= 0.3 is 0 Å². The Bertz CT molecular complexity index is 748. The number of aryl methyl sites for hydroxylation is 1. The molecular formula is C11H9BrN6O2. The first-order chi connectivity index (χ1) is 9.79. The van der Waals surface area contributed by atoms with E-state index in [1.54, 1.807) is 12.3 Å². The van der Waals surface area contributed by atoms with Crippen molar-refractivity contribution in [3.8, 4) is 11.6 Å². The molecule has 0 amide bonds. The fourth-order valence-electron chi connectivity index (χ4n) is 2.33. The third-order valence-corrected chi connectivity index (χ3v) is 3.71. The van der Waals surface area contributed by atoms with E-state index >= 15 is 0 Å². The van der Waals surface area contributed by atoms with Crippen molar-refractivity contribution in [2.75, 3.05) is 0 Å². The molecule has 1 atom stereocenters.